The van der Waals surface area contributed by atoms with Crippen LogP contribution in [0, 0.1) is 0 Å². The number of nitrogens with two attached hydrogens (primary N) is 1. The molecule has 0 saturated heterocycles. The van der Waals surface area contributed by atoms with Crippen LogP contribution >= 0.6 is 23.2 Å². The summed E-state index contributed by atoms with van der Waals surface area (Å²) >= 11 is 11.7. The van der Waals surface area contributed by atoms with Crippen LogP contribution in [0.4, 0.5) is 5.69 Å². The van der Waals surface area contributed by atoms with Gasteiger partial charge in [0.15, 0.2) is 0 Å². The molecular weight excluding hydrogens is 297 g/mol. The number of hydrogen-bond acceptors (Lipinski definition) is 3. The van der Waals surface area contributed by atoms with Gasteiger partial charge in [-0.15, -0.1) is 0 Å². The number of benzene rings is 2. The maximum atomic E-state index is 11.8. The fourth-order valence-electron chi connectivity index (χ4n) is 1.46. The van der Waals surface area contributed by atoms with E-state index in [9.17, 15) is 4.79 Å². The summed E-state index contributed by atoms with van der Waals surface area (Å²) in [5.74, 6) is -0.318. The number of nitrogen functional groups attached to an aromatic ring is 1. The summed E-state index contributed by atoms with van der Waals surface area (Å²) in [6.45, 7) is 0. The molecule has 0 aliphatic carbocycles. The first-order valence-corrected chi connectivity index (χ1v) is 6.46. The molecule has 0 radical (unpaired) electrons. The van der Waals surface area contributed by atoms with Crippen LogP contribution in [0.25, 0.3) is 0 Å². The highest BCUT2D eigenvalue weighted by Crippen LogP contribution is 2.21. The second kappa shape index (κ2) is 6.41. The maximum Gasteiger partial charge on any atom is 0.271 e. The Hall–Kier alpha value is -2.04. The number of rotatable bonds is 3. The number of amides is 1. The van der Waals surface area contributed by atoms with Crippen molar-refractivity contribution in [3.8, 4) is 0 Å². The molecule has 0 saturated carbocycles. The molecule has 102 valence electrons. The summed E-state index contributed by atoms with van der Waals surface area (Å²) in [7, 11) is 0. The fourth-order valence-corrected chi connectivity index (χ4v) is 1.76. The standard InChI is InChI=1S/C14H11Cl2N3O/c15-12-6-1-9(7-13(12)16)8-18-19-14(20)10-2-4-11(17)5-3-10/h1-8H,17H2,(H,19,20)/b18-8+. The molecule has 20 heavy (non-hydrogen) atoms. The first-order valence-electron chi connectivity index (χ1n) is 5.70. The molecule has 0 bridgehead atoms. The Bertz CT molecular complexity index is 654. The van der Waals surface area contributed by atoms with Crippen molar-refractivity contribution in [3.63, 3.8) is 0 Å². The van der Waals surface area contributed by atoms with Crippen LogP contribution < -0.4 is 11.2 Å². The van der Waals surface area contributed by atoms with E-state index in [1.807, 2.05) is 0 Å². The summed E-state index contributed by atoms with van der Waals surface area (Å²) in [5, 5.41) is 4.75. The second-order valence-electron chi connectivity index (χ2n) is 3.99. The Morgan fingerprint density at radius 3 is 2.45 bits per heavy atom. The number of nitrogens with zero attached hydrogens (tertiary/aromatic N) is 1. The lowest BCUT2D eigenvalue weighted by atomic mass is 10.2. The summed E-state index contributed by atoms with van der Waals surface area (Å²) < 4.78 is 0. The summed E-state index contributed by atoms with van der Waals surface area (Å²) in [4.78, 5) is 11.8. The van der Waals surface area contributed by atoms with Gasteiger partial charge in [0.25, 0.3) is 5.91 Å². The summed E-state index contributed by atoms with van der Waals surface area (Å²) in [6.07, 6.45) is 1.48. The monoisotopic (exact) mass is 307 g/mol. The van der Waals surface area contributed by atoms with Crippen molar-refractivity contribution >= 4 is 41.0 Å². The molecular formula is C14H11Cl2N3O. The first kappa shape index (κ1) is 14.4. The number of halogens is 2. The van der Waals surface area contributed by atoms with E-state index in [1.165, 1.54) is 6.21 Å². The Morgan fingerprint density at radius 2 is 1.80 bits per heavy atom. The molecule has 0 fully saturated rings. The van der Waals surface area contributed by atoms with Crippen LogP contribution in [-0.4, -0.2) is 12.1 Å². The Balaban J connectivity index is 2.00. The third kappa shape index (κ3) is 3.73. The van der Waals surface area contributed by atoms with Crippen molar-refractivity contribution in [2.24, 2.45) is 5.10 Å². The molecule has 0 atom stereocenters. The van der Waals surface area contributed by atoms with Crippen LogP contribution in [0.15, 0.2) is 47.6 Å². The third-order valence-electron chi connectivity index (χ3n) is 2.50. The molecule has 1 amide bonds. The minimum absolute atomic E-state index is 0.318. The average molecular weight is 308 g/mol. The molecule has 4 nitrogen and oxygen atoms in total. The van der Waals surface area contributed by atoms with Gasteiger partial charge in [-0.05, 0) is 42.0 Å². The molecule has 6 heteroatoms. The van der Waals surface area contributed by atoms with Gasteiger partial charge in [-0.2, -0.15) is 5.10 Å². The van der Waals surface area contributed by atoms with Gasteiger partial charge in [0, 0.05) is 11.3 Å². The SMILES string of the molecule is Nc1ccc(C(=O)N/N=C/c2ccc(Cl)c(Cl)c2)cc1. The van der Waals surface area contributed by atoms with Gasteiger partial charge in [-0.1, -0.05) is 29.3 Å². The zero-order valence-electron chi connectivity index (χ0n) is 10.3. The molecule has 3 N–H and O–H groups in total. The van der Waals surface area contributed by atoms with Crippen LogP contribution in [0.5, 0.6) is 0 Å². The van der Waals surface area contributed by atoms with Gasteiger partial charge in [0.05, 0.1) is 16.3 Å². The fraction of sp³-hybridized carbons (Fsp3) is 0. The number of hydrogen-bond donors (Lipinski definition) is 2. The van der Waals surface area contributed by atoms with E-state index < -0.39 is 0 Å². The van der Waals surface area contributed by atoms with Crippen LogP contribution in [-0.2, 0) is 0 Å². The maximum absolute atomic E-state index is 11.8. The predicted molar refractivity (Wildman–Crippen MR) is 82.4 cm³/mol. The van der Waals surface area contributed by atoms with Gasteiger partial charge >= 0.3 is 0 Å². The number of hydrazone groups is 1. The van der Waals surface area contributed by atoms with E-state index in [4.69, 9.17) is 28.9 Å². The number of carbonyl (C=O) groups is 1. The predicted octanol–water partition coefficient (Wildman–Crippen LogP) is 3.34. The molecule has 0 aliphatic rings. The minimum atomic E-state index is -0.318. The summed E-state index contributed by atoms with van der Waals surface area (Å²) in [6, 6.07) is 11.6. The Morgan fingerprint density at radius 1 is 1.10 bits per heavy atom. The number of carbonyl (C=O) groups excluding carboxylic acids is 1. The van der Waals surface area contributed by atoms with Crippen LogP contribution in [0.2, 0.25) is 10.0 Å². The lowest BCUT2D eigenvalue weighted by Crippen LogP contribution is -2.17. The average Bonchev–Trinajstić information content (AvgIpc) is 2.43. The van der Waals surface area contributed by atoms with Crippen molar-refractivity contribution in [2.75, 3.05) is 5.73 Å². The van der Waals surface area contributed by atoms with E-state index in [2.05, 4.69) is 10.5 Å². The van der Waals surface area contributed by atoms with Crippen LogP contribution in [0.3, 0.4) is 0 Å². The normalized spacial score (nSPS) is 10.7. The van der Waals surface area contributed by atoms with E-state index in [0.29, 0.717) is 21.3 Å². The first-order chi connectivity index (χ1) is 9.56. The van der Waals surface area contributed by atoms with Crippen molar-refractivity contribution < 1.29 is 4.79 Å². The van der Waals surface area contributed by atoms with E-state index >= 15 is 0 Å². The second-order valence-corrected chi connectivity index (χ2v) is 4.81. The molecule has 2 aromatic rings. The van der Waals surface area contributed by atoms with E-state index in [-0.39, 0.29) is 5.91 Å². The zero-order chi connectivity index (χ0) is 14.5. The van der Waals surface area contributed by atoms with Gasteiger partial charge in [0.2, 0.25) is 0 Å². The van der Waals surface area contributed by atoms with Crippen molar-refractivity contribution in [1.29, 1.82) is 0 Å². The number of nitrogens with one attached hydrogen (secondary N) is 1. The van der Waals surface area contributed by atoms with Gasteiger partial charge < -0.3 is 5.73 Å². The topological polar surface area (TPSA) is 67.5 Å². The van der Waals surface area contributed by atoms with Crippen molar-refractivity contribution in [1.82, 2.24) is 5.43 Å². The molecule has 0 aromatic heterocycles. The molecule has 2 aromatic carbocycles. The molecule has 0 unspecified atom stereocenters. The molecule has 2 rings (SSSR count). The largest absolute Gasteiger partial charge is 0.399 e. The van der Waals surface area contributed by atoms with Crippen molar-refractivity contribution in [3.05, 3.63) is 63.6 Å². The highest BCUT2D eigenvalue weighted by molar-refractivity contribution is 6.42. The van der Waals surface area contributed by atoms with Gasteiger partial charge in [0.1, 0.15) is 0 Å². The Labute approximate surface area is 126 Å². The van der Waals surface area contributed by atoms with E-state index in [1.54, 1.807) is 42.5 Å². The Kier molecular flexibility index (Phi) is 4.61. The lowest BCUT2D eigenvalue weighted by Gasteiger charge is -2.00. The number of anilines is 1. The van der Waals surface area contributed by atoms with Gasteiger partial charge in [-0.3, -0.25) is 4.79 Å². The lowest BCUT2D eigenvalue weighted by molar-refractivity contribution is 0.0955. The van der Waals surface area contributed by atoms with E-state index in [0.717, 1.165) is 5.56 Å². The summed E-state index contributed by atoms with van der Waals surface area (Å²) in [5.41, 5.74) is 9.77. The highest BCUT2D eigenvalue weighted by atomic mass is 35.5. The zero-order valence-corrected chi connectivity index (χ0v) is 11.8. The molecule has 0 spiro atoms. The smallest absolute Gasteiger partial charge is 0.271 e. The molecule has 0 aliphatic heterocycles. The van der Waals surface area contributed by atoms with Crippen LogP contribution in [0.1, 0.15) is 15.9 Å². The molecule has 0 heterocycles. The highest BCUT2D eigenvalue weighted by Gasteiger charge is 2.03. The quantitative estimate of drug-likeness (QED) is 0.519. The van der Waals surface area contributed by atoms with Crippen molar-refractivity contribution in [2.45, 2.75) is 0 Å². The van der Waals surface area contributed by atoms with Gasteiger partial charge in [-0.25, -0.2) is 5.43 Å². The minimum Gasteiger partial charge on any atom is -0.399 e. The third-order valence-corrected chi connectivity index (χ3v) is 3.24.